The molecule has 1 aromatic heterocycles. The van der Waals surface area contributed by atoms with Gasteiger partial charge in [0.15, 0.2) is 0 Å². The predicted molar refractivity (Wildman–Crippen MR) is 87.3 cm³/mol. The number of carbonyl (C=O) groups excluding carboxylic acids is 1. The van der Waals surface area contributed by atoms with Gasteiger partial charge in [-0.3, -0.25) is 0 Å². The minimum atomic E-state index is -0.796. The van der Waals surface area contributed by atoms with Gasteiger partial charge in [-0.25, -0.2) is 13.6 Å². The van der Waals surface area contributed by atoms with Crippen LogP contribution in [-0.2, 0) is 0 Å². The number of para-hydroxylation sites is 1. The highest BCUT2D eigenvalue weighted by Crippen LogP contribution is 2.29. The Bertz CT molecular complexity index is 735. The van der Waals surface area contributed by atoms with Crippen molar-refractivity contribution in [2.75, 3.05) is 18.4 Å². The molecule has 0 radical (unpaired) electrons. The van der Waals surface area contributed by atoms with E-state index in [1.54, 1.807) is 0 Å². The zero-order valence-electron chi connectivity index (χ0n) is 14.1. The van der Waals surface area contributed by atoms with Gasteiger partial charge in [-0.05, 0) is 25.0 Å². The number of piperidine rings is 1. The molecular formula is C17H20F2N4O2. The molecule has 2 amide bonds. The second-order valence-corrected chi connectivity index (χ2v) is 6.42. The van der Waals surface area contributed by atoms with E-state index in [1.807, 2.05) is 13.8 Å². The first-order chi connectivity index (χ1) is 12.0. The smallest absolute Gasteiger partial charge is 0.322 e. The normalized spacial score (nSPS) is 15.6. The van der Waals surface area contributed by atoms with Crippen LogP contribution in [0.3, 0.4) is 0 Å². The lowest BCUT2D eigenvalue weighted by Gasteiger charge is -2.30. The SMILES string of the molecule is CC(C)c1nnc(C2CCN(C(=O)Nc3c(F)cccc3F)CC2)o1. The van der Waals surface area contributed by atoms with E-state index in [9.17, 15) is 13.6 Å². The number of aromatic nitrogens is 2. The number of nitrogens with zero attached hydrogens (tertiary/aromatic N) is 3. The summed E-state index contributed by atoms with van der Waals surface area (Å²) < 4.78 is 32.9. The van der Waals surface area contributed by atoms with Gasteiger partial charge in [0.05, 0.1) is 0 Å². The van der Waals surface area contributed by atoms with Crippen molar-refractivity contribution < 1.29 is 18.0 Å². The van der Waals surface area contributed by atoms with Crippen LogP contribution in [0.1, 0.15) is 50.3 Å². The molecule has 1 aliphatic rings. The summed E-state index contributed by atoms with van der Waals surface area (Å²) >= 11 is 0. The quantitative estimate of drug-likeness (QED) is 0.912. The standard InChI is InChI=1S/C17H20F2N4O2/c1-10(2)15-21-22-16(25-15)11-6-8-23(9-7-11)17(24)20-14-12(18)4-3-5-13(14)19/h3-5,10-11H,6-9H2,1-2H3,(H,20,24). The number of carbonyl (C=O) groups is 1. The summed E-state index contributed by atoms with van der Waals surface area (Å²) in [5, 5.41) is 10.4. The molecule has 25 heavy (non-hydrogen) atoms. The third kappa shape index (κ3) is 3.78. The van der Waals surface area contributed by atoms with Crippen molar-refractivity contribution >= 4 is 11.7 Å². The maximum absolute atomic E-state index is 13.6. The van der Waals surface area contributed by atoms with Crippen LogP contribution in [0.5, 0.6) is 0 Å². The minimum absolute atomic E-state index is 0.0919. The van der Waals surface area contributed by atoms with Crippen molar-refractivity contribution in [3.8, 4) is 0 Å². The molecule has 0 saturated carbocycles. The summed E-state index contributed by atoms with van der Waals surface area (Å²) in [6.45, 7) is 4.86. The Labute approximate surface area is 144 Å². The Kier molecular flexibility index (Phi) is 4.96. The van der Waals surface area contributed by atoms with Crippen molar-refractivity contribution in [3.63, 3.8) is 0 Å². The number of anilines is 1. The molecule has 1 aliphatic heterocycles. The highest BCUT2D eigenvalue weighted by molar-refractivity contribution is 5.89. The van der Waals surface area contributed by atoms with Crippen LogP contribution < -0.4 is 5.32 Å². The molecule has 0 spiro atoms. The van der Waals surface area contributed by atoms with Crippen molar-refractivity contribution in [2.24, 2.45) is 0 Å². The van der Waals surface area contributed by atoms with Crippen LogP contribution in [0.2, 0.25) is 0 Å². The van der Waals surface area contributed by atoms with Gasteiger partial charge in [-0.1, -0.05) is 19.9 Å². The van der Waals surface area contributed by atoms with Gasteiger partial charge in [0.2, 0.25) is 11.8 Å². The van der Waals surface area contributed by atoms with E-state index in [4.69, 9.17) is 4.42 Å². The molecule has 2 aromatic rings. The predicted octanol–water partition coefficient (Wildman–Crippen LogP) is 3.88. The van der Waals surface area contributed by atoms with Gasteiger partial charge < -0.3 is 14.6 Å². The van der Waals surface area contributed by atoms with Crippen molar-refractivity contribution in [1.29, 1.82) is 0 Å². The molecule has 1 saturated heterocycles. The molecule has 0 aliphatic carbocycles. The third-order valence-corrected chi connectivity index (χ3v) is 4.28. The average molecular weight is 350 g/mol. The maximum Gasteiger partial charge on any atom is 0.322 e. The molecule has 0 unspecified atom stereocenters. The second kappa shape index (κ2) is 7.16. The number of nitrogens with one attached hydrogen (secondary N) is 1. The van der Waals surface area contributed by atoms with Gasteiger partial charge in [0.25, 0.3) is 0 Å². The van der Waals surface area contributed by atoms with E-state index < -0.39 is 23.4 Å². The van der Waals surface area contributed by atoms with Gasteiger partial charge >= 0.3 is 6.03 Å². The van der Waals surface area contributed by atoms with Crippen LogP contribution in [0, 0.1) is 11.6 Å². The molecule has 1 fully saturated rings. The number of benzene rings is 1. The van der Waals surface area contributed by atoms with Crippen LogP contribution in [-0.4, -0.2) is 34.2 Å². The Morgan fingerprint density at radius 2 is 1.88 bits per heavy atom. The van der Waals surface area contributed by atoms with E-state index in [-0.39, 0.29) is 11.8 Å². The second-order valence-electron chi connectivity index (χ2n) is 6.42. The van der Waals surface area contributed by atoms with Gasteiger partial charge in [0, 0.05) is 24.9 Å². The molecule has 1 aromatic carbocycles. The fraction of sp³-hybridized carbons (Fsp3) is 0.471. The van der Waals surface area contributed by atoms with E-state index in [1.165, 1.54) is 11.0 Å². The van der Waals surface area contributed by atoms with Crippen LogP contribution in [0.25, 0.3) is 0 Å². The zero-order chi connectivity index (χ0) is 18.0. The van der Waals surface area contributed by atoms with E-state index in [0.29, 0.717) is 37.7 Å². The highest BCUT2D eigenvalue weighted by atomic mass is 19.1. The molecule has 1 N–H and O–H groups in total. The fourth-order valence-corrected chi connectivity index (χ4v) is 2.78. The number of hydrogen-bond acceptors (Lipinski definition) is 4. The van der Waals surface area contributed by atoms with E-state index >= 15 is 0 Å². The highest BCUT2D eigenvalue weighted by Gasteiger charge is 2.28. The van der Waals surface area contributed by atoms with E-state index in [2.05, 4.69) is 15.5 Å². The molecule has 3 rings (SSSR count). The summed E-state index contributed by atoms with van der Waals surface area (Å²) in [6.07, 6.45) is 1.32. The number of urea groups is 1. The Hall–Kier alpha value is -2.51. The molecule has 0 atom stereocenters. The van der Waals surface area contributed by atoms with Crippen molar-refractivity contribution in [1.82, 2.24) is 15.1 Å². The van der Waals surface area contributed by atoms with Crippen LogP contribution in [0.4, 0.5) is 19.3 Å². The summed E-state index contributed by atoms with van der Waals surface area (Å²) in [5.74, 6) is -0.142. The molecule has 0 bridgehead atoms. The fourth-order valence-electron chi connectivity index (χ4n) is 2.78. The molecular weight excluding hydrogens is 330 g/mol. The Morgan fingerprint density at radius 3 is 2.44 bits per heavy atom. The number of rotatable bonds is 3. The monoisotopic (exact) mass is 350 g/mol. The first-order valence-electron chi connectivity index (χ1n) is 8.29. The molecule has 6 nitrogen and oxygen atoms in total. The van der Waals surface area contributed by atoms with Crippen molar-refractivity contribution in [3.05, 3.63) is 41.6 Å². The van der Waals surface area contributed by atoms with Gasteiger partial charge in [0.1, 0.15) is 17.3 Å². The van der Waals surface area contributed by atoms with Crippen LogP contribution >= 0.6 is 0 Å². The maximum atomic E-state index is 13.6. The first kappa shape index (κ1) is 17.3. The van der Waals surface area contributed by atoms with Gasteiger partial charge in [-0.2, -0.15) is 0 Å². The lowest BCUT2D eigenvalue weighted by atomic mass is 9.97. The van der Waals surface area contributed by atoms with Crippen molar-refractivity contribution in [2.45, 2.75) is 38.5 Å². The minimum Gasteiger partial charge on any atom is -0.425 e. The molecule has 134 valence electrons. The number of halogens is 2. The third-order valence-electron chi connectivity index (χ3n) is 4.28. The van der Waals surface area contributed by atoms with Gasteiger partial charge in [-0.15, -0.1) is 10.2 Å². The molecule has 2 heterocycles. The lowest BCUT2D eigenvalue weighted by molar-refractivity contribution is 0.189. The lowest BCUT2D eigenvalue weighted by Crippen LogP contribution is -2.40. The Morgan fingerprint density at radius 1 is 1.24 bits per heavy atom. The number of amides is 2. The summed E-state index contributed by atoms with van der Waals surface area (Å²) in [6, 6.07) is 2.94. The number of hydrogen-bond donors (Lipinski definition) is 1. The topological polar surface area (TPSA) is 71.3 Å². The average Bonchev–Trinajstić information content (AvgIpc) is 3.09. The Balaban J connectivity index is 1.59. The summed E-state index contributed by atoms with van der Waals surface area (Å²) in [4.78, 5) is 13.8. The summed E-state index contributed by atoms with van der Waals surface area (Å²) in [5.41, 5.74) is -0.423. The number of likely N-dealkylation sites (tertiary alicyclic amines) is 1. The first-order valence-corrected chi connectivity index (χ1v) is 8.29. The van der Waals surface area contributed by atoms with E-state index in [0.717, 1.165) is 12.1 Å². The largest absolute Gasteiger partial charge is 0.425 e. The molecule has 8 heteroatoms. The van der Waals surface area contributed by atoms with Crippen LogP contribution in [0.15, 0.2) is 22.6 Å². The summed E-state index contributed by atoms with van der Waals surface area (Å²) in [7, 11) is 0. The zero-order valence-corrected chi connectivity index (χ0v) is 14.1.